The van der Waals surface area contributed by atoms with Crippen molar-refractivity contribution in [1.82, 2.24) is 4.90 Å². The zero-order chi connectivity index (χ0) is 16.6. The first-order chi connectivity index (χ1) is 9.65. The lowest BCUT2D eigenvalue weighted by Gasteiger charge is -2.15. The summed E-state index contributed by atoms with van der Waals surface area (Å²) in [5.74, 6) is -2.60. The quantitative estimate of drug-likeness (QED) is 0.823. The zero-order valence-electron chi connectivity index (χ0n) is 13.1. The van der Waals surface area contributed by atoms with Crippen LogP contribution in [0.25, 0.3) is 0 Å². The number of hydrogen-bond acceptors (Lipinski definition) is 4. The second-order valence-electron chi connectivity index (χ2n) is 4.99. The molecule has 0 aliphatic heterocycles. The first kappa shape index (κ1) is 18.9. The Bertz CT molecular complexity index is 462. The van der Waals surface area contributed by atoms with Crippen molar-refractivity contribution in [2.75, 3.05) is 27.2 Å². The van der Waals surface area contributed by atoms with E-state index in [9.17, 15) is 0 Å². The Kier molecular flexibility index (Phi) is 8.08. The topological polar surface area (TPSA) is 87.1 Å². The van der Waals surface area contributed by atoms with Gasteiger partial charge in [-0.2, -0.15) is 0 Å². The minimum Gasteiger partial charge on any atom is -0.492 e. The smallest absolute Gasteiger partial charge is 0.414 e. The van der Waals surface area contributed by atoms with Crippen molar-refractivity contribution >= 4 is 11.9 Å². The van der Waals surface area contributed by atoms with Crippen LogP contribution in [0, 0.1) is 20.8 Å². The average molecular weight is 297 g/mol. The van der Waals surface area contributed by atoms with Gasteiger partial charge in [-0.05, 0) is 46.0 Å². The average Bonchev–Trinajstić information content (AvgIpc) is 2.32. The van der Waals surface area contributed by atoms with E-state index in [0.29, 0.717) is 0 Å². The van der Waals surface area contributed by atoms with Gasteiger partial charge >= 0.3 is 11.9 Å². The lowest BCUT2D eigenvalue weighted by Crippen LogP contribution is -2.19. The van der Waals surface area contributed by atoms with Gasteiger partial charge in [0.15, 0.2) is 0 Å². The van der Waals surface area contributed by atoms with Gasteiger partial charge in [0, 0.05) is 6.54 Å². The van der Waals surface area contributed by atoms with E-state index in [1.807, 2.05) is 0 Å². The molecule has 0 spiro atoms. The van der Waals surface area contributed by atoms with Gasteiger partial charge in [0.1, 0.15) is 12.4 Å². The lowest BCUT2D eigenvalue weighted by atomic mass is 10.1. The number of ether oxygens (including phenoxy) is 1. The molecule has 0 saturated heterocycles. The lowest BCUT2D eigenvalue weighted by molar-refractivity contribution is -0.159. The highest BCUT2D eigenvalue weighted by molar-refractivity contribution is 6.27. The van der Waals surface area contributed by atoms with Gasteiger partial charge in [0.05, 0.1) is 0 Å². The monoisotopic (exact) mass is 297 g/mol. The second-order valence-corrected chi connectivity index (χ2v) is 4.99. The maximum atomic E-state index is 9.10. The Morgan fingerprint density at radius 1 is 1.05 bits per heavy atom. The Hall–Kier alpha value is -2.08. The van der Waals surface area contributed by atoms with Crippen molar-refractivity contribution in [3.63, 3.8) is 0 Å². The van der Waals surface area contributed by atoms with Crippen molar-refractivity contribution in [3.05, 3.63) is 28.8 Å². The Balaban J connectivity index is 0.000000567. The third-order valence-corrected chi connectivity index (χ3v) is 2.57. The molecule has 0 fully saturated rings. The molecule has 0 radical (unpaired) electrons. The summed E-state index contributed by atoms with van der Waals surface area (Å²) in [6.07, 6.45) is 0. The molecule has 0 aliphatic rings. The molecule has 0 amide bonds. The summed E-state index contributed by atoms with van der Waals surface area (Å²) in [5.41, 5.74) is 3.75. The number of carboxylic acid groups (broad SMARTS) is 2. The number of carboxylic acids is 2. The van der Waals surface area contributed by atoms with Crippen molar-refractivity contribution in [3.8, 4) is 5.75 Å². The molecule has 0 heterocycles. The molecule has 6 nitrogen and oxygen atoms in total. The summed E-state index contributed by atoms with van der Waals surface area (Å²) in [6.45, 7) is 8.02. The van der Waals surface area contributed by atoms with Gasteiger partial charge in [0.2, 0.25) is 0 Å². The van der Waals surface area contributed by atoms with Gasteiger partial charge < -0.3 is 19.8 Å². The van der Waals surface area contributed by atoms with Crippen LogP contribution in [0.5, 0.6) is 5.75 Å². The first-order valence-electron chi connectivity index (χ1n) is 6.46. The second kappa shape index (κ2) is 8.97. The van der Waals surface area contributed by atoms with Crippen LogP contribution in [0.4, 0.5) is 0 Å². The molecule has 1 rings (SSSR count). The molecule has 0 atom stereocenters. The fourth-order valence-electron chi connectivity index (χ4n) is 1.72. The highest BCUT2D eigenvalue weighted by Crippen LogP contribution is 2.24. The summed E-state index contributed by atoms with van der Waals surface area (Å²) in [4.78, 5) is 20.3. The highest BCUT2D eigenvalue weighted by Gasteiger charge is 2.05. The number of nitrogens with zero attached hydrogens (tertiary/aromatic N) is 1. The van der Waals surface area contributed by atoms with E-state index in [0.717, 1.165) is 18.9 Å². The number of carbonyl (C=O) groups is 2. The Morgan fingerprint density at radius 2 is 1.48 bits per heavy atom. The van der Waals surface area contributed by atoms with Gasteiger partial charge in [-0.25, -0.2) is 9.59 Å². The molecule has 2 N–H and O–H groups in total. The number of hydrogen-bond donors (Lipinski definition) is 2. The van der Waals surface area contributed by atoms with E-state index in [-0.39, 0.29) is 0 Å². The van der Waals surface area contributed by atoms with Crippen LogP contribution < -0.4 is 4.74 Å². The van der Waals surface area contributed by atoms with E-state index >= 15 is 0 Å². The molecular weight excluding hydrogens is 274 g/mol. The van der Waals surface area contributed by atoms with Crippen LogP contribution in [0.1, 0.15) is 16.7 Å². The predicted molar refractivity (Wildman–Crippen MR) is 80.0 cm³/mol. The van der Waals surface area contributed by atoms with Crippen LogP contribution >= 0.6 is 0 Å². The molecule has 1 aromatic rings. The van der Waals surface area contributed by atoms with Crippen LogP contribution in [0.15, 0.2) is 12.1 Å². The number of rotatable bonds is 4. The third kappa shape index (κ3) is 7.94. The van der Waals surface area contributed by atoms with E-state index in [4.69, 9.17) is 24.5 Å². The summed E-state index contributed by atoms with van der Waals surface area (Å²) in [6, 6.07) is 4.33. The highest BCUT2D eigenvalue weighted by atomic mass is 16.5. The third-order valence-electron chi connectivity index (χ3n) is 2.57. The molecular formula is C15H23NO5. The first-order valence-corrected chi connectivity index (χ1v) is 6.46. The van der Waals surface area contributed by atoms with Crippen LogP contribution in [-0.4, -0.2) is 54.3 Å². The summed E-state index contributed by atoms with van der Waals surface area (Å²) in [5, 5.41) is 14.8. The van der Waals surface area contributed by atoms with Gasteiger partial charge in [-0.1, -0.05) is 17.7 Å². The van der Waals surface area contributed by atoms with Crippen LogP contribution in [0.2, 0.25) is 0 Å². The maximum Gasteiger partial charge on any atom is 0.414 e. The summed E-state index contributed by atoms with van der Waals surface area (Å²) < 4.78 is 5.79. The van der Waals surface area contributed by atoms with Crippen molar-refractivity contribution in [1.29, 1.82) is 0 Å². The number of likely N-dealkylation sites (N-methyl/N-ethyl adjacent to an activating group) is 1. The molecule has 118 valence electrons. The van der Waals surface area contributed by atoms with Gasteiger partial charge in [0.25, 0.3) is 0 Å². The van der Waals surface area contributed by atoms with E-state index in [1.165, 1.54) is 16.7 Å². The van der Waals surface area contributed by atoms with E-state index in [1.54, 1.807) is 0 Å². The number of aryl methyl sites for hydroxylation is 3. The normalized spacial score (nSPS) is 9.81. The molecule has 0 aliphatic carbocycles. The van der Waals surface area contributed by atoms with Crippen molar-refractivity contribution in [2.45, 2.75) is 20.8 Å². The van der Waals surface area contributed by atoms with Crippen molar-refractivity contribution < 1.29 is 24.5 Å². The minimum absolute atomic E-state index is 0.748. The van der Waals surface area contributed by atoms with E-state index in [2.05, 4.69) is 51.9 Å². The predicted octanol–water partition coefficient (Wildman–Crippen LogP) is 1.71. The number of benzene rings is 1. The molecule has 0 unspecified atom stereocenters. The number of aliphatic carboxylic acids is 2. The largest absolute Gasteiger partial charge is 0.492 e. The van der Waals surface area contributed by atoms with Gasteiger partial charge in [-0.15, -0.1) is 0 Å². The molecule has 0 bridgehead atoms. The SMILES string of the molecule is Cc1cc(C)c(OCCN(C)C)c(C)c1.O=C(O)C(=O)O. The van der Waals surface area contributed by atoms with Crippen LogP contribution in [0.3, 0.4) is 0 Å². The molecule has 0 aromatic heterocycles. The molecule has 0 saturated carbocycles. The van der Waals surface area contributed by atoms with Gasteiger partial charge in [-0.3, -0.25) is 0 Å². The minimum atomic E-state index is -1.82. The maximum absolute atomic E-state index is 9.10. The zero-order valence-corrected chi connectivity index (χ0v) is 13.1. The molecule has 6 heteroatoms. The summed E-state index contributed by atoms with van der Waals surface area (Å²) in [7, 11) is 4.11. The van der Waals surface area contributed by atoms with Crippen LogP contribution in [-0.2, 0) is 9.59 Å². The summed E-state index contributed by atoms with van der Waals surface area (Å²) >= 11 is 0. The fraction of sp³-hybridized carbons (Fsp3) is 0.467. The Morgan fingerprint density at radius 3 is 1.81 bits per heavy atom. The Labute approximate surface area is 125 Å². The fourth-order valence-corrected chi connectivity index (χ4v) is 1.72. The van der Waals surface area contributed by atoms with E-state index < -0.39 is 11.9 Å². The molecule has 21 heavy (non-hydrogen) atoms. The molecule has 1 aromatic carbocycles. The van der Waals surface area contributed by atoms with Crippen molar-refractivity contribution in [2.24, 2.45) is 0 Å². The standard InChI is InChI=1S/C13H21NO.C2H2O4/c1-10-8-11(2)13(12(3)9-10)15-7-6-14(4)5;3-1(4)2(5)6/h8-9H,6-7H2,1-5H3;(H,3,4)(H,5,6).